The molecule has 2 heterocycles. The first-order valence-corrected chi connectivity index (χ1v) is 8.15. The summed E-state index contributed by atoms with van der Waals surface area (Å²) in [6.45, 7) is -0.199. The Hall–Kier alpha value is -3.55. The molecule has 2 aromatic heterocycles. The van der Waals surface area contributed by atoms with Crippen molar-refractivity contribution in [2.24, 2.45) is 7.05 Å². The topological polar surface area (TPSA) is 68.4 Å². The first-order chi connectivity index (χ1) is 13.0. The number of halogens is 2. The average molecular weight is 368 g/mol. The fraction of sp³-hybridized carbons (Fsp3) is 0.105. The molecule has 0 atom stereocenters. The summed E-state index contributed by atoms with van der Waals surface area (Å²) in [5.74, 6) is -1.80. The van der Waals surface area contributed by atoms with E-state index in [4.69, 9.17) is 0 Å². The molecule has 8 heteroatoms. The average Bonchev–Trinajstić information content (AvgIpc) is 3.12. The van der Waals surface area contributed by atoms with Crippen LogP contribution in [0.3, 0.4) is 0 Å². The normalized spacial score (nSPS) is 11.2. The van der Waals surface area contributed by atoms with Gasteiger partial charge in [0.15, 0.2) is 5.69 Å². The smallest absolute Gasteiger partial charge is 0.276 e. The Morgan fingerprint density at radius 3 is 2.59 bits per heavy atom. The molecule has 0 aliphatic carbocycles. The lowest BCUT2D eigenvalue weighted by Gasteiger charge is -2.06. The molecule has 1 amide bonds. The second kappa shape index (κ2) is 6.31. The number of nitrogens with one attached hydrogen (secondary N) is 1. The molecule has 27 heavy (non-hydrogen) atoms. The molecule has 0 bridgehead atoms. The molecule has 4 aromatic rings. The Bertz CT molecular complexity index is 1260. The number of hydrogen-bond acceptors (Lipinski definition) is 3. The predicted molar refractivity (Wildman–Crippen MR) is 95.5 cm³/mol. The summed E-state index contributed by atoms with van der Waals surface area (Å²) in [5, 5.41) is 6.71. The summed E-state index contributed by atoms with van der Waals surface area (Å²) < 4.78 is 29.8. The highest BCUT2D eigenvalue weighted by Crippen LogP contribution is 2.14. The lowest BCUT2D eigenvalue weighted by atomic mass is 10.2. The van der Waals surface area contributed by atoms with Gasteiger partial charge < -0.3 is 9.88 Å². The van der Waals surface area contributed by atoms with Crippen molar-refractivity contribution in [1.82, 2.24) is 19.5 Å². The summed E-state index contributed by atoms with van der Waals surface area (Å²) in [5.41, 5.74) is 1.33. The van der Waals surface area contributed by atoms with Crippen LogP contribution >= 0.6 is 0 Å². The van der Waals surface area contributed by atoms with E-state index in [1.54, 1.807) is 31.3 Å². The maximum atomic E-state index is 13.7. The van der Waals surface area contributed by atoms with Crippen molar-refractivity contribution in [3.05, 3.63) is 81.8 Å². The lowest BCUT2D eigenvalue weighted by molar-refractivity contribution is 0.0945. The Morgan fingerprint density at radius 1 is 1.07 bits per heavy atom. The number of fused-ring (bicyclic) bond motifs is 3. The van der Waals surface area contributed by atoms with Crippen LogP contribution in [-0.2, 0) is 13.6 Å². The minimum absolute atomic E-state index is 0.0141. The Labute approximate surface area is 151 Å². The molecular formula is C19H14F2N4O2. The van der Waals surface area contributed by atoms with Gasteiger partial charge in [-0.25, -0.2) is 13.3 Å². The van der Waals surface area contributed by atoms with E-state index in [1.807, 2.05) is 0 Å². The van der Waals surface area contributed by atoms with Gasteiger partial charge in [0.1, 0.15) is 17.2 Å². The highest BCUT2D eigenvalue weighted by atomic mass is 19.1. The monoisotopic (exact) mass is 368 g/mol. The van der Waals surface area contributed by atoms with Gasteiger partial charge in [-0.05, 0) is 30.3 Å². The molecule has 0 aliphatic heterocycles. The number of carbonyl (C=O) groups is 1. The van der Waals surface area contributed by atoms with E-state index < -0.39 is 17.5 Å². The van der Waals surface area contributed by atoms with Crippen LogP contribution in [0.4, 0.5) is 8.78 Å². The van der Waals surface area contributed by atoms with Crippen molar-refractivity contribution in [3.8, 4) is 0 Å². The molecule has 0 saturated heterocycles. The van der Waals surface area contributed by atoms with Crippen LogP contribution < -0.4 is 10.9 Å². The summed E-state index contributed by atoms with van der Waals surface area (Å²) >= 11 is 0. The predicted octanol–water partition coefficient (Wildman–Crippen LogP) is 2.39. The van der Waals surface area contributed by atoms with Gasteiger partial charge >= 0.3 is 0 Å². The fourth-order valence-corrected chi connectivity index (χ4v) is 2.98. The van der Waals surface area contributed by atoms with Gasteiger partial charge in [-0.2, -0.15) is 5.10 Å². The van der Waals surface area contributed by atoms with E-state index in [9.17, 15) is 18.4 Å². The molecule has 0 aliphatic rings. The molecule has 0 radical (unpaired) electrons. The van der Waals surface area contributed by atoms with Crippen LogP contribution in [0.1, 0.15) is 16.1 Å². The highest BCUT2D eigenvalue weighted by molar-refractivity contribution is 5.94. The SMILES string of the molecule is Cn1c(=O)c2cc(C(=O)NCc3cc(F)ccc3F)nn2c2ccccc21. The number of hydrogen-bond donors (Lipinski definition) is 1. The van der Waals surface area contributed by atoms with Crippen LogP contribution in [-0.4, -0.2) is 20.1 Å². The second-order valence-electron chi connectivity index (χ2n) is 6.10. The molecule has 0 saturated carbocycles. The van der Waals surface area contributed by atoms with Crippen molar-refractivity contribution < 1.29 is 13.6 Å². The number of aryl methyl sites for hydroxylation is 1. The molecule has 136 valence electrons. The van der Waals surface area contributed by atoms with Crippen molar-refractivity contribution in [1.29, 1.82) is 0 Å². The van der Waals surface area contributed by atoms with Crippen molar-refractivity contribution in [2.45, 2.75) is 6.54 Å². The fourth-order valence-electron chi connectivity index (χ4n) is 2.98. The largest absolute Gasteiger partial charge is 0.346 e. The molecule has 1 N–H and O–H groups in total. The van der Waals surface area contributed by atoms with E-state index in [0.717, 1.165) is 18.2 Å². The third kappa shape index (κ3) is 2.84. The Kier molecular flexibility index (Phi) is 3.95. The zero-order valence-corrected chi connectivity index (χ0v) is 14.2. The maximum absolute atomic E-state index is 13.7. The Balaban J connectivity index is 1.71. The summed E-state index contributed by atoms with van der Waals surface area (Å²) in [7, 11) is 1.64. The highest BCUT2D eigenvalue weighted by Gasteiger charge is 2.16. The minimum atomic E-state index is -0.619. The van der Waals surface area contributed by atoms with E-state index in [2.05, 4.69) is 10.4 Å². The molecular weight excluding hydrogens is 354 g/mol. The molecule has 4 rings (SSSR count). The number of aromatic nitrogens is 3. The molecule has 2 aromatic carbocycles. The summed E-state index contributed by atoms with van der Waals surface area (Å²) in [6.07, 6.45) is 0. The van der Waals surface area contributed by atoms with Crippen LogP contribution in [0, 0.1) is 11.6 Å². The van der Waals surface area contributed by atoms with E-state index in [1.165, 1.54) is 15.1 Å². The number of carbonyl (C=O) groups excluding carboxylic acids is 1. The summed E-state index contributed by atoms with van der Waals surface area (Å²) in [6, 6.07) is 11.6. The van der Waals surface area contributed by atoms with Gasteiger partial charge in [0.2, 0.25) is 0 Å². The van der Waals surface area contributed by atoms with Crippen molar-refractivity contribution in [2.75, 3.05) is 0 Å². The molecule has 0 unspecified atom stereocenters. The third-order valence-electron chi connectivity index (χ3n) is 4.38. The van der Waals surface area contributed by atoms with Crippen LogP contribution in [0.2, 0.25) is 0 Å². The summed E-state index contributed by atoms with van der Waals surface area (Å²) in [4.78, 5) is 24.9. The molecule has 0 fully saturated rings. The van der Waals surface area contributed by atoms with Gasteiger partial charge in [-0.15, -0.1) is 0 Å². The zero-order valence-electron chi connectivity index (χ0n) is 14.2. The van der Waals surface area contributed by atoms with E-state index in [0.29, 0.717) is 11.0 Å². The lowest BCUT2D eigenvalue weighted by Crippen LogP contribution is -2.23. The maximum Gasteiger partial charge on any atom is 0.276 e. The first kappa shape index (κ1) is 16.9. The van der Waals surface area contributed by atoms with E-state index >= 15 is 0 Å². The number of rotatable bonds is 3. The number of para-hydroxylation sites is 2. The van der Waals surface area contributed by atoms with Crippen molar-refractivity contribution in [3.63, 3.8) is 0 Å². The number of benzene rings is 2. The van der Waals surface area contributed by atoms with Gasteiger partial charge in [0.05, 0.1) is 11.0 Å². The van der Waals surface area contributed by atoms with Gasteiger partial charge in [-0.1, -0.05) is 12.1 Å². The van der Waals surface area contributed by atoms with E-state index in [-0.39, 0.29) is 28.9 Å². The zero-order chi connectivity index (χ0) is 19.1. The molecule has 6 nitrogen and oxygen atoms in total. The quantitative estimate of drug-likeness (QED) is 0.604. The van der Waals surface area contributed by atoms with Crippen molar-refractivity contribution >= 4 is 22.5 Å². The minimum Gasteiger partial charge on any atom is -0.346 e. The standard InChI is InChI=1S/C19H14F2N4O2/c1-24-15-4-2-3-5-16(15)25-17(19(24)27)9-14(23-25)18(26)22-10-11-8-12(20)6-7-13(11)21/h2-9H,10H2,1H3,(H,22,26). The third-order valence-corrected chi connectivity index (χ3v) is 4.38. The van der Waals surface area contributed by atoms with Crippen LogP contribution in [0.15, 0.2) is 53.3 Å². The Morgan fingerprint density at radius 2 is 1.81 bits per heavy atom. The second-order valence-corrected chi connectivity index (χ2v) is 6.10. The van der Waals surface area contributed by atoms with Gasteiger partial charge in [0, 0.05) is 25.2 Å². The first-order valence-electron chi connectivity index (χ1n) is 8.15. The van der Waals surface area contributed by atoms with Crippen LogP contribution in [0.5, 0.6) is 0 Å². The van der Waals surface area contributed by atoms with Crippen LogP contribution in [0.25, 0.3) is 16.6 Å². The van der Waals surface area contributed by atoms with Gasteiger partial charge in [-0.3, -0.25) is 9.59 Å². The molecule has 0 spiro atoms. The van der Waals surface area contributed by atoms with Gasteiger partial charge in [0.25, 0.3) is 11.5 Å². The number of nitrogens with zero attached hydrogens (tertiary/aromatic N) is 3. The number of amides is 1.